The quantitative estimate of drug-likeness (QED) is 0.459. The Morgan fingerprint density at radius 1 is 1.23 bits per heavy atom. The molecule has 0 atom stereocenters. The van der Waals surface area contributed by atoms with Crippen molar-refractivity contribution in [2.24, 2.45) is 0 Å². The maximum absolute atomic E-state index is 13.8. The van der Waals surface area contributed by atoms with Crippen molar-refractivity contribution in [1.82, 2.24) is 10.3 Å². The molecule has 1 N–H and O–H groups in total. The van der Waals surface area contributed by atoms with Crippen molar-refractivity contribution in [2.75, 3.05) is 13.2 Å². The third-order valence-corrected chi connectivity index (χ3v) is 4.38. The zero-order valence-electron chi connectivity index (χ0n) is 18.0. The summed E-state index contributed by atoms with van der Waals surface area (Å²) in [5, 5.41) is 2.42. The average molecular weight is 507 g/mol. The van der Waals surface area contributed by atoms with Gasteiger partial charge in [-0.15, -0.1) is 0 Å². The molecule has 1 aromatic carbocycles. The van der Waals surface area contributed by atoms with Crippen LogP contribution in [0.15, 0.2) is 22.7 Å². The van der Waals surface area contributed by atoms with Crippen molar-refractivity contribution < 1.29 is 32.2 Å². The van der Waals surface area contributed by atoms with E-state index in [-0.39, 0.29) is 41.8 Å². The lowest BCUT2D eigenvalue weighted by atomic mass is 10.1. The number of rotatable bonds is 7. The Kier molecular flexibility index (Phi) is 8.02. The predicted molar refractivity (Wildman–Crippen MR) is 115 cm³/mol. The van der Waals surface area contributed by atoms with Gasteiger partial charge in [-0.3, -0.25) is 0 Å². The molecule has 0 saturated carbocycles. The number of hydrogen-bond acceptors (Lipinski definition) is 5. The van der Waals surface area contributed by atoms with Gasteiger partial charge >= 0.3 is 12.3 Å². The summed E-state index contributed by atoms with van der Waals surface area (Å²) < 4.78 is 57.9. The normalized spacial score (nSPS) is 12.2. The van der Waals surface area contributed by atoms with E-state index in [1.165, 1.54) is 6.07 Å². The van der Waals surface area contributed by atoms with E-state index >= 15 is 0 Å². The number of alkyl halides is 3. The van der Waals surface area contributed by atoms with Gasteiger partial charge in [0.15, 0.2) is 0 Å². The van der Waals surface area contributed by atoms with Crippen molar-refractivity contribution in [3.05, 3.63) is 28.2 Å². The molecule has 1 heterocycles. The van der Waals surface area contributed by atoms with Crippen LogP contribution in [0, 0.1) is 0 Å². The summed E-state index contributed by atoms with van der Waals surface area (Å²) in [6.07, 6.45) is -5.16. The maximum Gasteiger partial charge on any atom is 0.417 e. The number of hydrogen-bond donors (Lipinski definition) is 1. The first-order valence-electron chi connectivity index (χ1n) is 9.74. The van der Waals surface area contributed by atoms with Gasteiger partial charge < -0.3 is 19.5 Å². The Morgan fingerprint density at radius 2 is 1.90 bits per heavy atom. The summed E-state index contributed by atoms with van der Waals surface area (Å²) in [6, 6.07) is 3.92. The van der Waals surface area contributed by atoms with E-state index in [9.17, 15) is 18.0 Å². The second-order valence-corrected chi connectivity index (χ2v) is 8.93. The third kappa shape index (κ3) is 7.45. The fraction of sp³-hybridized carbons (Fsp3) is 0.524. The van der Waals surface area contributed by atoms with E-state index in [2.05, 4.69) is 26.2 Å². The minimum atomic E-state index is -4.63. The van der Waals surface area contributed by atoms with E-state index < -0.39 is 23.4 Å². The molecule has 6 nitrogen and oxygen atoms in total. The van der Waals surface area contributed by atoms with Crippen molar-refractivity contribution in [2.45, 2.75) is 58.9 Å². The van der Waals surface area contributed by atoms with Gasteiger partial charge in [-0.25, -0.2) is 9.78 Å². The van der Waals surface area contributed by atoms with Crippen molar-refractivity contribution in [1.29, 1.82) is 0 Å². The van der Waals surface area contributed by atoms with Crippen molar-refractivity contribution >= 4 is 32.9 Å². The second kappa shape index (κ2) is 9.93. The lowest BCUT2D eigenvalue weighted by Gasteiger charge is -2.20. The molecule has 172 valence electrons. The monoisotopic (exact) mass is 506 g/mol. The van der Waals surface area contributed by atoms with Crippen LogP contribution in [0.4, 0.5) is 18.0 Å². The number of nitrogens with zero attached hydrogens (tertiary/aromatic N) is 1. The Bertz CT molecular complexity index is 927. The SMILES string of the molecule is CC(C)Oc1cc(C(F)(F)F)c2c(OCCCNC(=O)OC(C)(C)C)c(Br)ccc2n1. The second-order valence-electron chi connectivity index (χ2n) is 8.07. The summed E-state index contributed by atoms with van der Waals surface area (Å²) >= 11 is 3.26. The predicted octanol–water partition coefficient (Wildman–Crippen LogP) is 6.10. The molecular weight excluding hydrogens is 481 g/mol. The summed E-state index contributed by atoms with van der Waals surface area (Å²) in [5.74, 6) is -0.0738. The molecule has 0 aliphatic carbocycles. The van der Waals surface area contributed by atoms with Gasteiger partial charge in [0, 0.05) is 12.6 Å². The number of ether oxygens (including phenoxy) is 3. The molecule has 0 spiro atoms. The van der Waals surface area contributed by atoms with Crippen LogP contribution in [-0.2, 0) is 10.9 Å². The van der Waals surface area contributed by atoms with Crippen molar-refractivity contribution in [3.63, 3.8) is 0 Å². The van der Waals surface area contributed by atoms with Gasteiger partial charge in [0.25, 0.3) is 0 Å². The minimum absolute atomic E-state index is 0.0330. The number of halogens is 4. The lowest BCUT2D eigenvalue weighted by molar-refractivity contribution is -0.136. The van der Waals surface area contributed by atoms with E-state index in [0.717, 1.165) is 6.07 Å². The molecule has 10 heteroatoms. The number of carbonyl (C=O) groups excluding carboxylic acids is 1. The van der Waals surface area contributed by atoms with E-state index in [1.807, 2.05) is 0 Å². The largest absolute Gasteiger partial charge is 0.492 e. The molecule has 0 saturated heterocycles. The van der Waals surface area contributed by atoms with Gasteiger partial charge in [0.05, 0.1) is 33.6 Å². The van der Waals surface area contributed by atoms with Gasteiger partial charge in [-0.2, -0.15) is 13.2 Å². The summed E-state index contributed by atoms with van der Waals surface area (Å²) in [6.45, 7) is 8.98. The zero-order chi connectivity index (χ0) is 23.4. The molecule has 0 fully saturated rings. The molecule has 2 aromatic rings. The minimum Gasteiger partial charge on any atom is -0.492 e. The molecule has 0 unspecified atom stereocenters. The van der Waals surface area contributed by atoms with Crippen LogP contribution in [0.2, 0.25) is 0 Å². The summed E-state index contributed by atoms with van der Waals surface area (Å²) in [4.78, 5) is 15.9. The molecule has 0 radical (unpaired) electrons. The lowest BCUT2D eigenvalue weighted by Crippen LogP contribution is -2.33. The molecule has 0 aliphatic heterocycles. The van der Waals surface area contributed by atoms with Crippen LogP contribution in [-0.4, -0.2) is 35.9 Å². The highest BCUT2D eigenvalue weighted by molar-refractivity contribution is 9.10. The first kappa shape index (κ1) is 25.0. The highest BCUT2D eigenvalue weighted by Crippen LogP contribution is 2.43. The smallest absolute Gasteiger partial charge is 0.417 e. The topological polar surface area (TPSA) is 69.7 Å². The molecule has 1 amide bonds. The molecule has 1 aromatic heterocycles. The Labute approximate surface area is 187 Å². The fourth-order valence-electron chi connectivity index (χ4n) is 2.66. The number of nitrogens with one attached hydrogen (secondary N) is 1. The van der Waals surface area contributed by atoms with Gasteiger partial charge in [0.1, 0.15) is 11.4 Å². The first-order valence-corrected chi connectivity index (χ1v) is 10.5. The van der Waals surface area contributed by atoms with Gasteiger partial charge in [-0.1, -0.05) is 0 Å². The maximum atomic E-state index is 13.8. The number of pyridine rings is 1. The zero-order valence-corrected chi connectivity index (χ0v) is 19.6. The third-order valence-electron chi connectivity index (χ3n) is 3.75. The van der Waals surface area contributed by atoms with E-state index in [4.69, 9.17) is 14.2 Å². The number of amides is 1. The molecule has 2 rings (SSSR count). The number of carbonyl (C=O) groups is 1. The van der Waals surface area contributed by atoms with Gasteiger partial charge in [-0.05, 0) is 69.1 Å². The summed E-state index contributed by atoms with van der Waals surface area (Å²) in [7, 11) is 0. The first-order chi connectivity index (χ1) is 14.3. The molecular formula is C21H26BrF3N2O4. The molecule has 0 aliphatic rings. The van der Waals surface area contributed by atoms with Crippen LogP contribution in [0.25, 0.3) is 10.9 Å². The fourth-order valence-corrected chi connectivity index (χ4v) is 3.11. The average Bonchev–Trinajstić information content (AvgIpc) is 2.59. The Hall–Kier alpha value is -2.23. The number of benzene rings is 1. The Morgan fingerprint density at radius 3 is 2.48 bits per heavy atom. The van der Waals surface area contributed by atoms with Crippen LogP contribution in [0.1, 0.15) is 46.6 Å². The number of aromatic nitrogens is 1. The Balaban J connectivity index is 2.21. The standard InChI is InChI=1S/C21H26BrF3N2O4/c1-12(2)30-16-11-13(21(23,24)25)17-15(27-16)8-7-14(22)18(17)29-10-6-9-26-19(28)31-20(3,4)5/h7-8,11-12H,6,9-10H2,1-5H3,(H,26,28). The van der Waals surface area contributed by atoms with Crippen LogP contribution >= 0.6 is 15.9 Å². The van der Waals surface area contributed by atoms with E-state index in [1.54, 1.807) is 40.7 Å². The van der Waals surface area contributed by atoms with Crippen molar-refractivity contribution in [3.8, 4) is 11.6 Å². The van der Waals surface area contributed by atoms with Crippen LogP contribution in [0.3, 0.4) is 0 Å². The number of fused-ring (bicyclic) bond motifs is 1. The highest BCUT2D eigenvalue weighted by atomic mass is 79.9. The van der Waals surface area contributed by atoms with Gasteiger partial charge in [0.2, 0.25) is 5.88 Å². The molecule has 31 heavy (non-hydrogen) atoms. The van der Waals surface area contributed by atoms with Crippen LogP contribution in [0.5, 0.6) is 11.6 Å². The molecule has 0 bridgehead atoms. The van der Waals surface area contributed by atoms with Crippen LogP contribution < -0.4 is 14.8 Å². The van der Waals surface area contributed by atoms with E-state index in [0.29, 0.717) is 10.9 Å². The number of alkyl carbamates (subject to hydrolysis) is 1. The highest BCUT2D eigenvalue weighted by Gasteiger charge is 2.35. The summed E-state index contributed by atoms with van der Waals surface area (Å²) in [5.41, 5.74) is -1.40.